The van der Waals surface area contributed by atoms with Crippen LogP contribution in [-0.2, 0) is 4.74 Å². The molecule has 21 heavy (non-hydrogen) atoms. The van der Waals surface area contributed by atoms with Gasteiger partial charge in [0.15, 0.2) is 0 Å². The zero-order valence-corrected chi connectivity index (χ0v) is 12.5. The second kappa shape index (κ2) is 7.06. The normalized spacial score (nSPS) is 15.6. The van der Waals surface area contributed by atoms with E-state index >= 15 is 0 Å². The highest BCUT2D eigenvalue weighted by molar-refractivity contribution is 5.92. The fourth-order valence-electron chi connectivity index (χ4n) is 2.34. The molecule has 0 atom stereocenters. The lowest BCUT2D eigenvalue weighted by atomic mass is 10.1. The molecule has 0 bridgehead atoms. The van der Waals surface area contributed by atoms with Gasteiger partial charge < -0.3 is 15.0 Å². The van der Waals surface area contributed by atoms with Crippen LogP contribution in [0.25, 0.3) is 0 Å². The van der Waals surface area contributed by atoms with Gasteiger partial charge in [0.25, 0.3) is 5.91 Å². The smallest absolute Gasteiger partial charge is 0.409 e. The van der Waals surface area contributed by atoms with Crippen molar-refractivity contribution in [1.29, 1.82) is 0 Å². The molecule has 1 aliphatic rings. The summed E-state index contributed by atoms with van der Waals surface area (Å²) in [5.74, 6) is -0.159. The first-order chi connectivity index (χ1) is 10.1. The van der Waals surface area contributed by atoms with Crippen molar-refractivity contribution in [2.45, 2.75) is 32.7 Å². The molecule has 2 amide bonds. The van der Waals surface area contributed by atoms with Gasteiger partial charge >= 0.3 is 6.09 Å². The van der Waals surface area contributed by atoms with Crippen LogP contribution in [-0.4, -0.2) is 47.6 Å². The highest BCUT2D eigenvalue weighted by Gasteiger charge is 2.24. The Kier molecular flexibility index (Phi) is 5.14. The van der Waals surface area contributed by atoms with Gasteiger partial charge in [0.1, 0.15) is 5.69 Å². The summed E-state index contributed by atoms with van der Waals surface area (Å²) in [5, 5.41) is 2.97. The quantitative estimate of drug-likeness (QED) is 0.920. The van der Waals surface area contributed by atoms with Crippen LogP contribution < -0.4 is 5.32 Å². The van der Waals surface area contributed by atoms with E-state index in [9.17, 15) is 9.59 Å². The summed E-state index contributed by atoms with van der Waals surface area (Å²) < 4.78 is 4.97. The van der Waals surface area contributed by atoms with Gasteiger partial charge in [-0.15, -0.1) is 0 Å². The van der Waals surface area contributed by atoms with Crippen LogP contribution in [0.2, 0.25) is 0 Å². The van der Waals surface area contributed by atoms with Crippen molar-refractivity contribution < 1.29 is 14.3 Å². The molecule has 1 fully saturated rings. The van der Waals surface area contributed by atoms with Crippen molar-refractivity contribution in [2.24, 2.45) is 0 Å². The number of carbonyl (C=O) groups excluding carboxylic acids is 2. The molecule has 1 saturated heterocycles. The maximum atomic E-state index is 12.1. The molecule has 0 spiro atoms. The second-order valence-electron chi connectivity index (χ2n) is 5.15. The molecule has 0 unspecified atom stereocenters. The molecule has 1 N–H and O–H groups in total. The van der Waals surface area contributed by atoms with E-state index in [2.05, 4.69) is 10.3 Å². The standard InChI is InChI=1S/C15H21N3O3/c1-3-21-15(20)18-8-5-12(6-9-18)17-14(19)13-10-11(2)4-7-16-13/h4,7,10,12H,3,5-6,8-9H2,1-2H3,(H,17,19). The average Bonchev–Trinajstić information content (AvgIpc) is 2.48. The SMILES string of the molecule is CCOC(=O)N1CCC(NC(=O)c2cc(C)ccn2)CC1. The summed E-state index contributed by atoms with van der Waals surface area (Å²) in [6, 6.07) is 3.70. The topological polar surface area (TPSA) is 71.5 Å². The molecule has 0 radical (unpaired) electrons. The molecule has 1 aliphatic heterocycles. The third-order valence-electron chi connectivity index (χ3n) is 3.50. The Bertz CT molecular complexity index is 511. The summed E-state index contributed by atoms with van der Waals surface area (Å²) in [6.45, 7) is 5.31. The van der Waals surface area contributed by atoms with E-state index in [1.54, 1.807) is 24.1 Å². The van der Waals surface area contributed by atoms with Crippen molar-refractivity contribution in [2.75, 3.05) is 19.7 Å². The zero-order chi connectivity index (χ0) is 15.2. The lowest BCUT2D eigenvalue weighted by Crippen LogP contribution is -2.46. The van der Waals surface area contributed by atoms with Crippen LogP contribution >= 0.6 is 0 Å². The summed E-state index contributed by atoms with van der Waals surface area (Å²) in [7, 11) is 0. The number of aryl methyl sites for hydroxylation is 1. The molecule has 1 aromatic rings. The van der Waals surface area contributed by atoms with E-state index < -0.39 is 0 Å². The number of rotatable bonds is 3. The minimum absolute atomic E-state index is 0.0745. The largest absolute Gasteiger partial charge is 0.450 e. The molecule has 6 nitrogen and oxygen atoms in total. The van der Waals surface area contributed by atoms with Crippen LogP contribution in [0.3, 0.4) is 0 Å². The van der Waals surface area contributed by atoms with E-state index in [0.29, 0.717) is 25.4 Å². The molecule has 1 aromatic heterocycles. The Balaban J connectivity index is 1.83. The van der Waals surface area contributed by atoms with Gasteiger partial charge in [-0.05, 0) is 44.4 Å². The second-order valence-corrected chi connectivity index (χ2v) is 5.15. The van der Waals surface area contributed by atoms with Crippen LogP contribution in [0.4, 0.5) is 4.79 Å². The first-order valence-electron chi connectivity index (χ1n) is 7.25. The molecule has 2 heterocycles. The summed E-state index contributed by atoms with van der Waals surface area (Å²) in [4.78, 5) is 29.5. The summed E-state index contributed by atoms with van der Waals surface area (Å²) in [5.41, 5.74) is 1.44. The zero-order valence-electron chi connectivity index (χ0n) is 12.5. The van der Waals surface area contributed by atoms with Crippen LogP contribution in [0, 0.1) is 6.92 Å². The molecule has 114 valence electrons. The van der Waals surface area contributed by atoms with Crippen molar-refractivity contribution in [3.05, 3.63) is 29.6 Å². The third kappa shape index (κ3) is 4.18. The molecule has 0 saturated carbocycles. The minimum Gasteiger partial charge on any atom is -0.450 e. The van der Waals surface area contributed by atoms with Crippen molar-refractivity contribution in [1.82, 2.24) is 15.2 Å². The first-order valence-corrected chi connectivity index (χ1v) is 7.25. The predicted octanol–water partition coefficient (Wildman–Crippen LogP) is 1.74. The Hall–Kier alpha value is -2.11. The number of likely N-dealkylation sites (tertiary alicyclic amines) is 1. The van der Waals surface area contributed by atoms with E-state index in [0.717, 1.165) is 18.4 Å². The molecular formula is C15H21N3O3. The number of amides is 2. The van der Waals surface area contributed by atoms with E-state index in [4.69, 9.17) is 4.74 Å². The van der Waals surface area contributed by atoms with E-state index in [1.807, 2.05) is 13.0 Å². The van der Waals surface area contributed by atoms with Gasteiger partial charge in [-0.2, -0.15) is 0 Å². The van der Waals surface area contributed by atoms with Gasteiger partial charge in [0.2, 0.25) is 0 Å². The average molecular weight is 291 g/mol. The Morgan fingerprint density at radius 1 is 1.43 bits per heavy atom. The number of pyridine rings is 1. The van der Waals surface area contributed by atoms with Crippen LogP contribution in [0.1, 0.15) is 35.8 Å². The molecule has 6 heteroatoms. The van der Waals surface area contributed by atoms with Gasteiger partial charge in [-0.25, -0.2) is 4.79 Å². The van der Waals surface area contributed by atoms with E-state index in [1.165, 1.54) is 0 Å². The lowest BCUT2D eigenvalue weighted by molar-refractivity contribution is 0.0856. The number of carbonyl (C=O) groups is 2. The van der Waals surface area contributed by atoms with E-state index in [-0.39, 0.29) is 18.0 Å². The van der Waals surface area contributed by atoms with Crippen LogP contribution in [0.15, 0.2) is 18.3 Å². The fourth-order valence-corrected chi connectivity index (χ4v) is 2.34. The molecular weight excluding hydrogens is 270 g/mol. The maximum absolute atomic E-state index is 12.1. The van der Waals surface area contributed by atoms with Crippen molar-refractivity contribution >= 4 is 12.0 Å². The first kappa shape index (κ1) is 15.3. The lowest BCUT2D eigenvalue weighted by Gasteiger charge is -2.31. The van der Waals surface area contributed by atoms with Crippen LogP contribution in [0.5, 0.6) is 0 Å². The number of nitrogens with one attached hydrogen (secondary N) is 1. The van der Waals surface area contributed by atoms with Gasteiger partial charge in [0, 0.05) is 25.3 Å². The maximum Gasteiger partial charge on any atom is 0.409 e. The Morgan fingerprint density at radius 2 is 2.14 bits per heavy atom. The predicted molar refractivity (Wildman–Crippen MR) is 78.1 cm³/mol. The highest BCUT2D eigenvalue weighted by Crippen LogP contribution is 2.12. The minimum atomic E-state index is -0.275. The van der Waals surface area contributed by atoms with Gasteiger partial charge in [0.05, 0.1) is 6.61 Å². The fraction of sp³-hybridized carbons (Fsp3) is 0.533. The highest BCUT2D eigenvalue weighted by atomic mass is 16.6. The van der Waals surface area contributed by atoms with Crippen molar-refractivity contribution in [3.63, 3.8) is 0 Å². The monoisotopic (exact) mass is 291 g/mol. The molecule has 0 aromatic carbocycles. The summed E-state index contributed by atoms with van der Waals surface area (Å²) >= 11 is 0. The number of hydrogen-bond acceptors (Lipinski definition) is 4. The Labute approximate surface area is 124 Å². The Morgan fingerprint density at radius 3 is 2.76 bits per heavy atom. The number of nitrogens with zero attached hydrogens (tertiary/aromatic N) is 2. The number of piperidine rings is 1. The molecule has 0 aliphatic carbocycles. The number of hydrogen-bond donors (Lipinski definition) is 1. The van der Waals surface area contributed by atoms with Gasteiger partial charge in [-0.1, -0.05) is 0 Å². The number of aromatic nitrogens is 1. The summed E-state index contributed by atoms with van der Waals surface area (Å²) in [6.07, 6.45) is 2.82. The van der Waals surface area contributed by atoms with Gasteiger partial charge in [-0.3, -0.25) is 9.78 Å². The third-order valence-corrected chi connectivity index (χ3v) is 3.50. The molecule has 2 rings (SSSR count). The van der Waals surface area contributed by atoms with Crippen molar-refractivity contribution in [3.8, 4) is 0 Å². The number of ether oxygens (including phenoxy) is 1.